The Bertz CT molecular complexity index is 603. The zero-order valence-corrected chi connectivity index (χ0v) is 9.90. The van der Waals surface area contributed by atoms with Crippen LogP contribution in [0.3, 0.4) is 0 Å². The molecule has 3 rings (SSSR count). The minimum absolute atomic E-state index is 0.0994. The first-order valence-corrected chi connectivity index (χ1v) is 5.63. The van der Waals surface area contributed by atoms with E-state index >= 15 is 0 Å². The first-order valence-electron chi connectivity index (χ1n) is 5.63. The highest BCUT2D eigenvalue weighted by molar-refractivity contribution is 6.24. The maximum absolute atomic E-state index is 12.0. The maximum Gasteiger partial charge on any atom is 0.188 e. The molecule has 0 bridgehead atoms. The van der Waals surface area contributed by atoms with Gasteiger partial charge in [0.15, 0.2) is 5.78 Å². The summed E-state index contributed by atoms with van der Waals surface area (Å²) in [5, 5.41) is 0. The van der Waals surface area contributed by atoms with E-state index in [1.807, 2.05) is 43.3 Å². The van der Waals surface area contributed by atoms with E-state index in [4.69, 9.17) is 0 Å². The Hall–Kier alpha value is -2.09. The molecule has 0 aliphatic heterocycles. The number of likely N-dealkylation sites (N-methyl/N-ethyl adjacent to an activating group) is 1. The van der Waals surface area contributed by atoms with Crippen molar-refractivity contribution in [3.8, 4) is 0 Å². The zero-order valence-electron chi connectivity index (χ0n) is 9.90. The number of hydrogen-bond acceptors (Lipinski definition) is 2. The molecule has 0 N–H and O–H groups in total. The molecule has 0 radical (unpaired) electrons. The average Bonchev–Trinajstić information content (AvgIpc) is 2.68. The summed E-state index contributed by atoms with van der Waals surface area (Å²) < 4.78 is 0. The van der Waals surface area contributed by atoms with Crippen molar-refractivity contribution in [3.05, 3.63) is 58.8 Å². The summed E-state index contributed by atoms with van der Waals surface area (Å²) >= 11 is 0. The summed E-state index contributed by atoms with van der Waals surface area (Å²) in [5.74, 6) is 0.0994. The van der Waals surface area contributed by atoms with E-state index < -0.39 is 0 Å². The van der Waals surface area contributed by atoms with Crippen molar-refractivity contribution >= 4 is 17.4 Å². The van der Waals surface area contributed by atoms with Gasteiger partial charge in [0.25, 0.3) is 0 Å². The monoisotopic (exact) mass is 223 g/mol. The molecule has 0 aromatic heterocycles. The molecule has 0 fully saturated rings. The van der Waals surface area contributed by atoms with Crippen molar-refractivity contribution in [1.82, 2.24) is 4.90 Å². The van der Waals surface area contributed by atoms with Crippen LogP contribution in [0.5, 0.6) is 0 Å². The number of fused-ring (bicyclic) bond motifs is 3. The predicted octanol–water partition coefficient (Wildman–Crippen LogP) is 2.50. The number of rotatable bonds is 1. The Labute approximate surface area is 101 Å². The number of ketones is 1. The van der Waals surface area contributed by atoms with E-state index in [1.54, 1.807) is 6.08 Å². The Kier molecular flexibility index (Phi) is 2.05. The molecular formula is C15H13NO. The van der Waals surface area contributed by atoms with Gasteiger partial charge in [-0.05, 0) is 28.9 Å². The van der Waals surface area contributed by atoms with Crippen LogP contribution in [0.2, 0.25) is 0 Å². The lowest BCUT2D eigenvalue weighted by Gasteiger charge is -2.19. The fourth-order valence-corrected chi connectivity index (χ4v) is 2.27. The lowest BCUT2D eigenvalue weighted by molar-refractivity contribution is -0.111. The summed E-state index contributed by atoms with van der Waals surface area (Å²) in [4.78, 5) is 14.0. The summed E-state index contributed by atoms with van der Waals surface area (Å²) in [6, 6.07) is 8.12. The molecule has 0 heterocycles. The van der Waals surface area contributed by atoms with Gasteiger partial charge in [0, 0.05) is 31.4 Å². The van der Waals surface area contributed by atoms with Crippen molar-refractivity contribution in [1.29, 1.82) is 0 Å². The molecule has 1 aromatic carbocycles. The number of benzene rings is 1. The first-order chi connectivity index (χ1) is 8.16. The Morgan fingerprint density at radius 2 is 1.71 bits per heavy atom. The second-order valence-corrected chi connectivity index (χ2v) is 4.53. The third-order valence-electron chi connectivity index (χ3n) is 3.19. The minimum Gasteiger partial charge on any atom is -0.378 e. The van der Waals surface area contributed by atoms with Gasteiger partial charge in [-0.1, -0.05) is 24.3 Å². The molecule has 84 valence electrons. The highest BCUT2D eigenvalue weighted by Gasteiger charge is 2.26. The molecule has 0 unspecified atom stereocenters. The molecule has 0 spiro atoms. The molecule has 2 aliphatic rings. The van der Waals surface area contributed by atoms with Crippen LogP contribution in [0.25, 0.3) is 11.6 Å². The van der Waals surface area contributed by atoms with Gasteiger partial charge in [-0.15, -0.1) is 0 Å². The number of allylic oxidation sites excluding steroid dienone is 4. The smallest absolute Gasteiger partial charge is 0.188 e. The summed E-state index contributed by atoms with van der Waals surface area (Å²) in [6.07, 6.45) is 5.76. The summed E-state index contributed by atoms with van der Waals surface area (Å²) in [5.41, 5.74) is 5.12. The zero-order chi connectivity index (χ0) is 12.0. The summed E-state index contributed by atoms with van der Waals surface area (Å²) in [6.45, 7) is 0. The summed E-state index contributed by atoms with van der Waals surface area (Å²) in [7, 11) is 3.90. The van der Waals surface area contributed by atoms with Crippen LogP contribution in [0.1, 0.15) is 11.1 Å². The Morgan fingerprint density at radius 1 is 0.941 bits per heavy atom. The number of hydrogen-bond donors (Lipinski definition) is 0. The topological polar surface area (TPSA) is 20.3 Å². The average molecular weight is 223 g/mol. The molecular weight excluding hydrogens is 210 g/mol. The molecule has 0 saturated carbocycles. The van der Waals surface area contributed by atoms with Crippen molar-refractivity contribution in [2.75, 3.05) is 14.1 Å². The van der Waals surface area contributed by atoms with Crippen LogP contribution in [0, 0.1) is 0 Å². The molecule has 2 aliphatic carbocycles. The van der Waals surface area contributed by atoms with Crippen molar-refractivity contribution in [3.63, 3.8) is 0 Å². The van der Waals surface area contributed by atoms with Crippen LogP contribution in [0.4, 0.5) is 0 Å². The second kappa shape index (κ2) is 3.45. The molecule has 2 nitrogen and oxygen atoms in total. The predicted molar refractivity (Wildman–Crippen MR) is 69.2 cm³/mol. The van der Waals surface area contributed by atoms with Crippen LogP contribution in [-0.2, 0) is 4.79 Å². The van der Waals surface area contributed by atoms with Gasteiger partial charge in [-0.2, -0.15) is 0 Å². The van der Waals surface area contributed by atoms with Gasteiger partial charge in [-0.25, -0.2) is 0 Å². The fraction of sp³-hybridized carbons (Fsp3) is 0.133. The Morgan fingerprint density at radius 3 is 2.47 bits per heavy atom. The maximum atomic E-state index is 12.0. The molecule has 1 aromatic rings. The first kappa shape index (κ1) is 10.1. The third-order valence-corrected chi connectivity index (χ3v) is 3.19. The fourth-order valence-electron chi connectivity index (χ4n) is 2.27. The quantitative estimate of drug-likeness (QED) is 0.729. The van der Waals surface area contributed by atoms with E-state index in [1.165, 1.54) is 0 Å². The SMILES string of the molecule is CN(C)C1=CC(=O)C2=Cc3ccccc3C2=C1. The molecule has 2 heteroatoms. The van der Waals surface area contributed by atoms with E-state index in [-0.39, 0.29) is 5.78 Å². The molecule has 0 amide bonds. The molecule has 0 saturated heterocycles. The highest BCUT2D eigenvalue weighted by atomic mass is 16.1. The number of carbonyl (C=O) groups is 1. The van der Waals surface area contributed by atoms with Crippen molar-refractivity contribution < 1.29 is 4.79 Å². The normalized spacial score (nSPS) is 16.8. The number of carbonyl (C=O) groups excluding carboxylic acids is 1. The van der Waals surface area contributed by atoms with Crippen LogP contribution in [0.15, 0.2) is 47.7 Å². The van der Waals surface area contributed by atoms with E-state index in [0.29, 0.717) is 0 Å². The Balaban J connectivity index is 2.18. The minimum atomic E-state index is 0.0994. The third kappa shape index (κ3) is 1.45. The van der Waals surface area contributed by atoms with Gasteiger partial charge in [-0.3, -0.25) is 4.79 Å². The highest BCUT2D eigenvalue weighted by Crippen LogP contribution is 2.39. The van der Waals surface area contributed by atoms with Crippen LogP contribution in [-0.4, -0.2) is 24.8 Å². The lowest BCUT2D eigenvalue weighted by atomic mass is 9.94. The molecule has 17 heavy (non-hydrogen) atoms. The van der Waals surface area contributed by atoms with Gasteiger partial charge in [0.2, 0.25) is 0 Å². The largest absolute Gasteiger partial charge is 0.378 e. The van der Waals surface area contributed by atoms with E-state index in [0.717, 1.165) is 28.0 Å². The van der Waals surface area contributed by atoms with Crippen molar-refractivity contribution in [2.24, 2.45) is 0 Å². The van der Waals surface area contributed by atoms with Crippen LogP contribution < -0.4 is 0 Å². The van der Waals surface area contributed by atoms with Gasteiger partial charge in [0.05, 0.1) is 0 Å². The van der Waals surface area contributed by atoms with E-state index in [9.17, 15) is 4.79 Å². The molecule has 0 atom stereocenters. The second-order valence-electron chi connectivity index (χ2n) is 4.53. The van der Waals surface area contributed by atoms with Gasteiger partial charge >= 0.3 is 0 Å². The van der Waals surface area contributed by atoms with Crippen LogP contribution >= 0.6 is 0 Å². The van der Waals surface area contributed by atoms with Gasteiger partial charge < -0.3 is 4.90 Å². The van der Waals surface area contributed by atoms with Crippen molar-refractivity contribution in [2.45, 2.75) is 0 Å². The van der Waals surface area contributed by atoms with E-state index in [2.05, 4.69) is 12.1 Å². The standard InChI is InChI=1S/C15H13NO/c1-16(2)11-8-13-12-6-4-3-5-10(12)7-14(13)15(17)9-11/h3-9H,1-2H3. The number of nitrogens with zero attached hydrogens (tertiary/aromatic N) is 1. The van der Waals surface area contributed by atoms with Gasteiger partial charge in [0.1, 0.15) is 0 Å². The lowest BCUT2D eigenvalue weighted by Crippen LogP contribution is -2.15.